The molecule has 5 heteroatoms. The van der Waals surface area contributed by atoms with Crippen LogP contribution in [0.15, 0.2) is 35.8 Å². The van der Waals surface area contributed by atoms with E-state index in [1.807, 2.05) is 29.8 Å². The third kappa shape index (κ3) is 3.07. The monoisotopic (exact) mass is 298 g/mol. The van der Waals surface area contributed by atoms with Gasteiger partial charge in [0.15, 0.2) is 5.13 Å². The van der Waals surface area contributed by atoms with Crippen LogP contribution in [0.2, 0.25) is 0 Å². The summed E-state index contributed by atoms with van der Waals surface area (Å²) in [6.45, 7) is 6.08. The fourth-order valence-corrected chi connectivity index (χ4v) is 3.60. The van der Waals surface area contributed by atoms with Crippen molar-refractivity contribution in [2.75, 3.05) is 24.5 Å². The smallest absolute Gasteiger partial charge is 0.185 e. The maximum atomic E-state index is 9.18. The van der Waals surface area contributed by atoms with Gasteiger partial charge in [-0.3, -0.25) is 4.90 Å². The molecule has 0 saturated carbocycles. The molecule has 3 rings (SSSR count). The average molecular weight is 298 g/mol. The van der Waals surface area contributed by atoms with Crippen LogP contribution in [0.4, 0.5) is 5.13 Å². The maximum absolute atomic E-state index is 9.18. The van der Waals surface area contributed by atoms with E-state index in [1.165, 1.54) is 0 Å². The molecule has 2 aromatic rings. The van der Waals surface area contributed by atoms with Gasteiger partial charge in [-0.1, -0.05) is 18.2 Å². The molecule has 108 valence electrons. The SMILES string of the molecule is C[C@@H]1CN(Cc2ccccc2C#N)CCN1c1nccs1. The van der Waals surface area contributed by atoms with Crippen molar-refractivity contribution in [2.45, 2.75) is 19.5 Å². The van der Waals surface area contributed by atoms with E-state index in [0.29, 0.717) is 6.04 Å². The molecular weight excluding hydrogens is 280 g/mol. The fraction of sp³-hybridized carbons (Fsp3) is 0.375. The second kappa shape index (κ2) is 6.25. The van der Waals surface area contributed by atoms with Crippen molar-refractivity contribution in [3.8, 4) is 6.07 Å². The Labute approximate surface area is 129 Å². The number of anilines is 1. The molecular formula is C16H18N4S. The van der Waals surface area contributed by atoms with Crippen LogP contribution in [0.25, 0.3) is 0 Å². The molecule has 1 aliphatic heterocycles. The lowest BCUT2D eigenvalue weighted by molar-refractivity contribution is 0.221. The first-order valence-electron chi connectivity index (χ1n) is 7.14. The Morgan fingerprint density at radius 2 is 2.24 bits per heavy atom. The zero-order valence-corrected chi connectivity index (χ0v) is 12.9. The van der Waals surface area contributed by atoms with E-state index >= 15 is 0 Å². The molecule has 4 nitrogen and oxygen atoms in total. The van der Waals surface area contributed by atoms with Gasteiger partial charge in [-0.15, -0.1) is 11.3 Å². The summed E-state index contributed by atoms with van der Waals surface area (Å²) in [7, 11) is 0. The molecule has 0 unspecified atom stereocenters. The Kier molecular flexibility index (Phi) is 4.18. The van der Waals surface area contributed by atoms with Crippen molar-refractivity contribution >= 4 is 16.5 Å². The van der Waals surface area contributed by atoms with E-state index in [0.717, 1.165) is 42.4 Å². The van der Waals surface area contributed by atoms with Gasteiger partial charge in [0.2, 0.25) is 0 Å². The van der Waals surface area contributed by atoms with E-state index in [9.17, 15) is 5.26 Å². The first kappa shape index (κ1) is 14.1. The van der Waals surface area contributed by atoms with Crippen LogP contribution in [0, 0.1) is 11.3 Å². The minimum Gasteiger partial charge on any atom is -0.343 e. The topological polar surface area (TPSA) is 43.2 Å². The van der Waals surface area contributed by atoms with Gasteiger partial charge < -0.3 is 4.90 Å². The number of thiazole rings is 1. The zero-order valence-electron chi connectivity index (χ0n) is 12.1. The van der Waals surface area contributed by atoms with Crippen molar-refractivity contribution in [2.24, 2.45) is 0 Å². The Morgan fingerprint density at radius 3 is 2.95 bits per heavy atom. The lowest BCUT2D eigenvalue weighted by Crippen LogP contribution is -2.51. The Balaban J connectivity index is 1.66. The summed E-state index contributed by atoms with van der Waals surface area (Å²) in [4.78, 5) is 9.20. The molecule has 1 aliphatic rings. The summed E-state index contributed by atoms with van der Waals surface area (Å²) in [6.07, 6.45) is 1.86. The molecule has 2 heterocycles. The lowest BCUT2D eigenvalue weighted by atomic mass is 10.1. The number of rotatable bonds is 3. The van der Waals surface area contributed by atoms with Crippen LogP contribution in [-0.4, -0.2) is 35.6 Å². The molecule has 1 aromatic heterocycles. The van der Waals surface area contributed by atoms with Gasteiger partial charge in [-0.25, -0.2) is 4.98 Å². The number of benzene rings is 1. The summed E-state index contributed by atoms with van der Waals surface area (Å²) in [5.74, 6) is 0. The minimum absolute atomic E-state index is 0.444. The van der Waals surface area contributed by atoms with Gasteiger partial charge in [0, 0.05) is 43.8 Å². The van der Waals surface area contributed by atoms with Gasteiger partial charge in [-0.2, -0.15) is 5.26 Å². The molecule has 1 fully saturated rings. The fourth-order valence-electron chi connectivity index (χ4n) is 2.83. The van der Waals surface area contributed by atoms with Crippen LogP contribution in [0.5, 0.6) is 0 Å². The average Bonchev–Trinajstić information content (AvgIpc) is 3.02. The van der Waals surface area contributed by atoms with E-state index in [-0.39, 0.29) is 0 Å². The molecule has 1 aromatic carbocycles. The number of hydrogen-bond donors (Lipinski definition) is 0. The predicted octanol–water partition coefficient (Wildman–Crippen LogP) is 2.73. The highest BCUT2D eigenvalue weighted by Crippen LogP contribution is 2.23. The maximum Gasteiger partial charge on any atom is 0.185 e. The van der Waals surface area contributed by atoms with Crippen LogP contribution in [-0.2, 0) is 6.54 Å². The standard InChI is InChI=1S/C16H18N4S/c1-13-11-19(7-8-20(13)16-18-6-9-21-16)12-15-5-3-2-4-14(15)10-17/h2-6,9,13H,7-8,11-12H2,1H3/t13-/m1/s1. The summed E-state index contributed by atoms with van der Waals surface area (Å²) >= 11 is 1.70. The largest absolute Gasteiger partial charge is 0.343 e. The van der Waals surface area contributed by atoms with Crippen molar-refractivity contribution in [1.82, 2.24) is 9.88 Å². The minimum atomic E-state index is 0.444. The molecule has 0 aliphatic carbocycles. The number of nitriles is 1. The highest BCUT2D eigenvalue weighted by atomic mass is 32.1. The van der Waals surface area contributed by atoms with Crippen molar-refractivity contribution < 1.29 is 0 Å². The van der Waals surface area contributed by atoms with Crippen LogP contribution < -0.4 is 4.90 Å². The lowest BCUT2D eigenvalue weighted by Gasteiger charge is -2.39. The summed E-state index contributed by atoms with van der Waals surface area (Å²) in [5, 5.41) is 12.3. The summed E-state index contributed by atoms with van der Waals surface area (Å²) in [5.41, 5.74) is 1.91. The van der Waals surface area contributed by atoms with E-state index in [1.54, 1.807) is 11.3 Å². The van der Waals surface area contributed by atoms with Gasteiger partial charge in [0.25, 0.3) is 0 Å². The molecule has 0 spiro atoms. The molecule has 1 atom stereocenters. The number of hydrogen-bond acceptors (Lipinski definition) is 5. The first-order valence-corrected chi connectivity index (χ1v) is 8.02. The van der Waals surface area contributed by atoms with E-state index in [2.05, 4.69) is 33.8 Å². The van der Waals surface area contributed by atoms with Gasteiger partial charge >= 0.3 is 0 Å². The normalized spacial score (nSPS) is 19.4. The number of piperazine rings is 1. The number of nitrogens with zero attached hydrogens (tertiary/aromatic N) is 4. The third-order valence-electron chi connectivity index (χ3n) is 3.91. The quantitative estimate of drug-likeness (QED) is 0.874. The van der Waals surface area contributed by atoms with Gasteiger partial charge in [-0.05, 0) is 18.6 Å². The molecule has 21 heavy (non-hydrogen) atoms. The Hall–Kier alpha value is -1.90. The van der Waals surface area contributed by atoms with E-state index < -0.39 is 0 Å². The highest BCUT2D eigenvalue weighted by Gasteiger charge is 2.25. The van der Waals surface area contributed by atoms with Crippen LogP contribution >= 0.6 is 11.3 Å². The van der Waals surface area contributed by atoms with Crippen molar-refractivity contribution in [1.29, 1.82) is 5.26 Å². The molecule has 1 saturated heterocycles. The Morgan fingerprint density at radius 1 is 1.38 bits per heavy atom. The number of aromatic nitrogens is 1. The zero-order chi connectivity index (χ0) is 14.7. The summed E-state index contributed by atoms with van der Waals surface area (Å²) < 4.78 is 0. The van der Waals surface area contributed by atoms with Gasteiger partial charge in [0.05, 0.1) is 11.6 Å². The predicted molar refractivity (Wildman–Crippen MR) is 85.4 cm³/mol. The molecule has 0 bridgehead atoms. The first-order chi connectivity index (χ1) is 10.3. The molecule has 0 radical (unpaired) electrons. The second-order valence-electron chi connectivity index (χ2n) is 5.36. The summed E-state index contributed by atoms with van der Waals surface area (Å²) in [6, 6.07) is 10.6. The van der Waals surface area contributed by atoms with Crippen molar-refractivity contribution in [3.05, 3.63) is 47.0 Å². The van der Waals surface area contributed by atoms with Crippen molar-refractivity contribution in [3.63, 3.8) is 0 Å². The third-order valence-corrected chi connectivity index (χ3v) is 4.72. The van der Waals surface area contributed by atoms with Gasteiger partial charge in [0.1, 0.15) is 0 Å². The Bertz CT molecular complexity index is 632. The second-order valence-corrected chi connectivity index (χ2v) is 6.23. The van der Waals surface area contributed by atoms with Crippen LogP contribution in [0.3, 0.4) is 0 Å². The molecule has 0 amide bonds. The highest BCUT2D eigenvalue weighted by molar-refractivity contribution is 7.13. The molecule has 0 N–H and O–H groups in total. The van der Waals surface area contributed by atoms with Crippen LogP contribution in [0.1, 0.15) is 18.1 Å². The van der Waals surface area contributed by atoms with E-state index in [4.69, 9.17) is 0 Å².